The quantitative estimate of drug-likeness (QED) is 0.834. The molecule has 0 aliphatic carbocycles. The van der Waals surface area contributed by atoms with Crippen LogP contribution < -0.4 is 5.73 Å². The van der Waals surface area contributed by atoms with Gasteiger partial charge < -0.3 is 5.73 Å². The number of carbonyl (C=O) groups excluding carboxylic acids is 1. The van der Waals surface area contributed by atoms with Crippen LogP contribution in [0.1, 0.15) is 22.5 Å². The summed E-state index contributed by atoms with van der Waals surface area (Å²) < 4.78 is 37.3. The van der Waals surface area contributed by atoms with Gasteiger partial charge in [0.05, 0.1) is 5.56 Å². The van der Waals surface area contributed by atoms with Gasteiger partial charge in [0.1, 0.15) is 10.7 Å². The van der Waals surface area contributed by atoms with Crippen LogP contribution in [0.2, 0.25) is 5.02 Å². The van der Waals surface area contributed by atoms with E-state index in [1.165, 1.54) is 0 Å². The van der Waals surface area contributed by atoms with E-state index in [9.17, 15) is 18.0 Å². The molecule has 0 radical (unpaired) electrons. The van der Waals surface area contributed by atoms with Crippen LogP contribution in [0.25, 0.3) is 0 Å². The Labute approximate surface area is 81.7 Å². The number of aromatic nitrogens is 1. The molecule has 2 N–H and O–H groups in total. The molecule has 1 aromatic rings. The van der Waals surface area contributed by atoms with E-state index in [2.05, 4.69) is 4.98 Å². The number of alkyl halides is 2. The number of rotatable bonds is 2. The first kappa shape index (κ1) is 10.8. The van der Waals surface area contributed by atoms with Gasteiger partial charge in [-0.25, -0.2) is 13.2 Å². The molecular formula is C7H4ClF3N2O. The monoisotopic (exact) mass is 224 g/mol. The number of primary amides is 1. The van der Waals surface area contributed by atoms with Crippen LogP contribution in [-0.2, 0) is 0 Å². The zero-order valence-electron chi connectivity index (χ0n) is 6.60. The Morgan fingerprint density at radius 3 is 2.57 bits per heavy atom. The normalized spacial score (nSPS) is 10.6. The summed E-state index contributed by atoms with van der Waals surface area (Å²) in [5, 5.41) is -0.878. The molecule has 0 fully saturated rings. The average molecular weight is 225 g/mol. The summed E-state index contributed by atoms with van der Waals surface area (Å²) in [5.74, 6) is -2.39. The van der Waals surface area contributed by atoms with E-state index in [1.807, 2.05) is 0 Å². The lowest BCUT2D eigenvalue weighted by molar-refractivity contribution is 0.0994. The number of hydrogen-bond donors (Lipinski definition) is 1. The lowest BCUT2D eigenvalue weighted by Crippen LogP contribution is -2.14. The minimum Gasteiger partial charge on any atom is -0.365 e. The van der Waals surface area contributed by atoms with E-state index in [-0.39, 0.29) is 0 Å². The maximum atomic E-state index is 13.1. The van der Waals surface area contributed by atoms with Crippen molar-refractivity contribution in [1.82, 2.24) is 4.98 Å². The molecule has 0 saturated heterocycles. The third kappa shape index (κ3) is 1.79. The predicted octanol–water partition coefficient (Wildman–Crippen LogP) is 1.91. The molecule has 0 spiro atoms. The SMILES string of the molecule is NC(=O)c1cnc(C(F)F)c(Cl)c1F. The molecule has 0 aliphatic heterocycles. The maximum Gasteiger partial charge on any atom is 0.281 e. The molecule has 1 amide bonds. The molecule has 0 aliphatic rings. The van der Waals surface area contributed by atoms with Crippen LogP contribution in [0.15, 0.2) is 6.20 Å². The maximum absolute atomic E-state index is 13.1. The van der Waals surface area contributed by atoms with Crippen LogP contribution in [0.5, 0.6) is 0 Å². The highest BCUT2D eigenvalue weighted by atomic mass is 35.5. The highest BCUT2D eigenvalue weighted by Crippen LogP contribution is 2.28. The van der Waals surface area contributed by atoms with Gasteiger partial charge in [0.15, 0.2) is 5.82 Å². The molecule has 7 heteroatoms. The average Bonchev–Trinajstić information content (AvgIpc) is 2.08. The van der Waals surface area contributed by atoms with Crippen molar-refractivity contribution in [1.29, 1.82) is 0 Å². The van der Waals surface area contributed by atoms with Crippen LogP contribution in [0, 0.1) is 5.82 Å². The summed E-state index contributed by atoms with van der Waals surface area (Å²) in [4.78, 5) is 13.7. The lowest BCUT2D eigenvalue weighted by atomic mass is 10.2. The summed E-state index contributed by atoms with van der Waals surface area (Å²) in [6, 6.07) is 0. The molecule has 1 heterocycles. The first-order valence-electron chi connectivity index (χ1n) is 3.37. The first-order chi connectivity index (χ1) is 6.45. The van der Waals surface area contributed by atoms with E-state index in [1.54, 1.807) is 0 Å². The van der Waals surface area contributed by atoms with Gasteiger partial charge in [-0.15, -0.1) is 0 Å². The Morgan fingerprint density at radius 1 is 1.57 bits per heavy atom. The number of halogens is 4. The summed E-state index contributed by atoms with van der Waals surface area (Å²) in [7, 11) is 0. The van der Waals surface area contributed by atoms with Crippen LogP contribution in [-0.4, -0.2) is 10.9 Å². The molecule has 1 rings (SSSR count). The molecule has 0 unspecified atom stereocenters. The minimum atomic E-state index is -3.00. The van der Waals surface area contributed by atoms with Gasteiger partial charge in [-0.3, -0.25) is 9.78 Å². The van der Waals surface area contributed by atoms with E-state index >= 15 is 0 Å². The topological polar surface area (TPSA) is 56.0 Å². The second-order valence-electron chi connectivity index (χ2n) is 2.35. The summed E-state index contributed by atoms with van der Waals surface area (Å²) >= 11 is 5.21. The third-order valence-corrected chi connectivity index (χ3v) is 1.82. The second kappa shape index (κ2) is 3.83. The molecule has 0 saturated carbocycles. The zero-order chi connectivity index (χ0) is 10.9. The third-order valence-electron chi connectivity index (χ3n) is 1.46. The van der Waals surface area contributed by atoms with E-state index in [4.69, 9.17) is 17.3 Å². The Kier molecular flexibility index (Phi) is 2.95. The van der Waals surface area contributed by atoms with Crippen molar-refractivity contribution < 1.29 is 18.0 Å². The van der Waals surface area contributed by atoms with Crippen molar-refractivity contribution in [3.8, 4) is 0 Å². The highest BCUT2D eigenvalue weighted by molar-refractivity contribution is 6.31. The Morgan fingerprint density at radius 2 is 2.14 bits per heavy atom. The molecule has 3 nitrogen and oxygen atoms in total. The first-order valence-corrected chi connectivity index (χ1v) is 3.74. The number of nitrogens with two attached hydrogens (primary N) is 1. The Bertz CT molecular complexity index is 383. The van der Waals surface area contributed by atoms with Gasteiger partial charge in [0, 0.05) is 6.20 Å². The largest absolute Gasteiger partial charge is 0.365 e. The number of pyridine rings is 1. The molecular weight excluding hydrogens is 221 g/mol. The minimum absolute atomic E-state index is 0.612. The van der Waals surface area contributed by atoms with Crippen molar-refractivity contribution >= 4 is 17.5 Å². The van der Waals surface area contributed by atoms with Gasteiger partial charge in [0.2, 0.25) is 0 Å². The smallest absolute Gasteiger partial charge is 0.281 e. The van der Waals surface area contributed by atoms with Crippen molar-refractivity contribution in [3.63, 3.8) is 0 Å². The van der Waals surface area contributed by atoms with Crippen molar-refractivity contribution in [2.75, 3.05) is 0 Å². The fourth-order valence-electron chi connectivity index (χ4n) is 0.802. The molecule has 76 valence electrons. The zero-order valence-corrected chi connectivity index (χ0v) is 7.36. The standard InChI is InChI=1S/C7H4ClF3N2O/c8-3-4(9)2(7(12)14)1-13-5(3)6(10)11/h1,6H,(H2,12,14). The number of carbonyl (C=O) groups is 1. The molecule has 14 heavy (non-hydrogen) atoms. The lowest BCUT2D eigenvalue weighted by Gasteiger charge is -2.04. The van der Waals surface area contributed by atoms with E-state index in [0.29, 0.717) is 6.20 Å². The molecule has 0 bridgehead atoms. The fraction of sp³-hybridized carbons (Fsp3) is 0.143. The number of nitrogens with zero attached hydrogens (tertiary/aromatic N) is 1. The predicted molar refractivity (Wildman–Crippen MR) is 42.7 cm³/mol. The van der Waals surface area contributed by atoms with Gasteiger partial charge in [-0.05, 0) is 0 Å². The summed E-state index contributed by atoms with van der Waals surface area (Å²) in [5.41, 5.74) is 3.22. The Balaban J connectivity index is 3.33. The number of hydrogen-bond acceptors (Lipinski definition) is 2. The van der Waals surface area contributed by atoms with Crippen molar-refractivity contribution in [2.45, 2.75) is 6.43 Å². The molecule has 0 atom stereocenters. The fourth-order valence-corrected chi connectivity index (χ4v) is 1.04. The molecule has 1 aromatic heterocycles. The van der Waals surface area contributed by atoms with Gasteiger partial charge >= 0.3 is 0 Å². The second-order valence-corrected chi connectivity index (χ2v) is 2.73. The summed E-state index contributed by atoms with van der Waals surface area (Å²) in [6.45, 7) is 0. The van der Waals surface area contributed by atoms with Gasteiger partial charge in [-0.1, -0.05) is 11.6 Å². The highest BCUT2D eigenvalue weighted by Gasteiger charge is 2.21. The van der Waals surface area contributed by atoms with Crippen LogP contribution in [0.3, 0.4) is 0 Å². The number of amides is 1. The molecule has 0 aromatic carbocycles. The van der Waals surface area contributed by atoms with Crippen molar-refractivity contribution in [2.24, 2.45) is 5.73 Å². The van der Waals surface area contributed by atoms with E-state index < -0.39 is 34.4 Å². The van der Waals surface area contributed by atoms with E-state index in [0.717, 1.165) is 0 Å². The Hall–Kier alpha value is -1.30. The van der Waals surface area contributed by atoms with Crippen LogP contribution >= 0.6 is 11.6 Å². The summed E-state index contributed by atoms with van der Waals surface area (Å²) in [6.07, 6.45) is -2.37. The van der Waals surface area contributed by atoms with Crippen molar-refractivity contribution in [3.05, 3.63) is 28.3 Å². The van der Waals surface area contributed by atoms with Gasteiger partial charge in [0.25, 0.3) is 12.3 Å². The van der Waals surface area contributed by atoms with Crippen LogP contribution in [0.4, 0.5) is 13.2 Å². The van der Waals surface area contributed by atoms with Gasteiger partial charge in [-0.2, -0.15) is 0 Å².